The van der Waals surface area contributed by atoms with Crippen LogP contribution in [-0.4, -0.2) is 40.2 Å². The van der Waals surface area contributed by atoms with Gasteiger partial charge in [0, 0.05) is 24.3 Å². The summed E-state index contributed by atoms with van der Waals surface area (Å²) >= 11 is 0. The van der Waals surface area contributed by atoms with E-state index in [0.29, 0.717) is 29.9 Å². The van der Waals surface area contributed by atoms with Crippen molar-refractivity contribution in [2.24, 2.45) is 0 Å². The van der Waals surface area contributed by atoms with E-state index in [1.165, 1.54) is 12.5 Å². The van der Waals surface area contributed by atoms with Crippen LogP contribution in [0.3, 0.4) is 0 Å². The van der Waals surface area contributed by atoms with Gasteiger partial charge in [-0.1, -0.05) is 24.3 Å². The van der Waals surface area contributed by atoms with Crippen LogP contribution in [0.25, 0.3) is 0 Å². The minimum absolute atomic E-state index is 0.114. The molecule has 1 aromatic heterocycles. The van der Waals surface area contributed by atoms with E-state index in [1.54, 1.807) is 25.7 Å². The molecule has 2 aromatic rings. The molecule has 0 spiro atoms. The number of esters is 1. The Morgan fingerprint density at radius 3 is 2.44 bits per heavy atom. The maximum Gasteiger partial charge on any atom is 0.355 e. The molecule has 142 valence electrons. The number of Topliss-reactive ketones (excluding diaryl/α,β-unsaturated/α-hetero) is 1. The first-order chi connectivity index (χ1) is 12.8. The minimum atomic E-state index is -0.897. The quantitative estimate of drug-likeness (QED) is 0.665. The molecule has 6 heteroatoms. The van der Waals surface area contributed by atoms with E-state index in [-0.39, 0.29) is 17.4 Å². The smallest absolute Gasteiger partial charge is 0.355 e. The number of amides is 1. The van der Waals surface area contributed by atoms with Gasteiger partial charge in [0.1, 0.15) is 5.69 Å². The van der Waals surface area contributed by atoms with Gasteiger partial charge < -0.3 is 14.6 Å². The summed E-state index contributed by atoms with van der Waals surface area (Å²) < 4.78 is 5.40. The Labute approximate surface area is 158 Å². The van der Waals surface area contributed by atoms with E-state index in [0.717, 1.165) is 12.0 Å². The topological polar surface area (TPSA) is 79.5 Å². The number of rotatable bonds is 4. The van der Waals surface area contributed by atoms with Crippen molar-refractivity contribution in [2.45, 2.75) is 46.8 Å². The summed E-state index contributed by atoms with van der Waals surface area (Å²) in [6.45, 7) is 7.60. The van der Waals surface area contributed by atoms with Crippen molar-refractivity contribution >= 4 is 17.7 Å². The third kappa shape index (κ3) is 3.65. The minimum Gasteiger partial charge on any atom is -0.448 e. The maximum atomic E-state index is 12.7. The summed E-state index contributed by atoms with van der Waals surface area (Å²) in [5.74, 6) is -0.955. The Balaban J connectivity index is 1.69. The molecule has 1 atom stereocenters. The van der Waals surface area contributed by atoms with Crippen molar-refractivity contribution in [2.75, 3.05) is 6.54 Å². The Morgan fingerprint density at radius 2 is 1.81 bits per heavy atom. The number of ether oxygens (including phenoxy) is 1. The zero-order chi connectivity index (χ0) is 19.7. The van der Waals surface area contributed by atoms with Crippen LogP contribution < -0.4 is 0 Å². The molecule has 1 unspecified atom stereocenters. The maximum absolute atomic E-state index is 12.7. The summed E-state index contributed by atoms with van der Waals surface area (Å²) in [7, 11) is 0. The van der Waals surface area contributed by atoms with E-state index >= 15 is 0 Å². The van der Waals surface area contributed by atoms with Crippen molar-refractivity contribution in [3.8, 4) is 0 Å². The van der Waals surface area contributed by atoms with E-state index in [4.69, 9.17) is 4.74 Å². The molecule has 3 rings (SSSR count). The van der Waals surface area contributed by atoms with E-state index in [9.17, 15) is 14.4 Å². The highest BCUT2D eigenvalue weighted by Gasteiger charge is 2.29. The van der Waals surface area contributed by atoms with Crippen LogP contribution in [0, 0.1) is 13.8 Å². The standard InChI is InChI=1S/C21H24N2O4/c1-12-18(14(3)24)13(2)22-19(12)21(26)27-15(4)20(25)23-10-9-16-7-5-6-8-17(16)11-23/h5-8,15,22H,9-11H2,1-4H3. The summed E-state index contributed by atoms with van der Waals surface area (Å²) in [4.78, 5) is 41.6. The summed E-state index contributed by atoms with van der Waals surface area (Å²) in [6.07, 6.45) is -0.106. The molecule has 0 saturated heterocycles. The lowest BCUT2D eigenvalue weighted by Gasteiger charge is -2.30. The van der Waals surface area contributed by atoms with Crippen molar-refractivity contribution < 1.29 is 19.1 Å². The summed E-state index contributed by atoms with van der Waals surface area (Å²) in [6, 6.07) is 8.04. The molecule has 2 heterocycles. The van der Waals surface area contributed by atoms with Crippen molar-refractivity contribution in [3.63, 3.8) is 0 Å². The monoisotopic (exact) mass is 368 g/mol. The first-order valence-corrected chi connectivity index (χ1v) is 9.06. The zero-order valence-corrected chi connectivity index (χ0v) is 16.1. The number of fused-ring (bicyclic) bond motifs is 1. The van der Waals surface area contributed by atoms with Crippen LogP contribution in [-0.2, 0) is 22.5 Å². The lowest BCUT2D eigenvalue weighted by Crippen LogP contribution is -2.42. The first kappa shape index (κ1) is 18.9. The fourth-order valence-corrected chi connectivity index (χ4v) is 3.69. The highest BCUT2D eigenvalue weighted by Crippen LogP contribution is 2.22. The number of aryl methyl sites for hydroxylation is 1. The van der Waals surface area contributed by atoms with Crippen LogP contribution in [0.5, 0.6) is 0 Å². The molecule has 27 heavy (non-hydrogen) atoms. The Bertz CT molecular complexity index is 913. The Morgan fingerprint density at radius 1 is 1.15 bits per heavy atom. The van der Waals surface area contributed by atoms with Crippen molar-refractivity contribution in [1.82, 2.24) is 9.88 Å². The van der Waals surface area contributed by atoms with E-state index in [2.05, 4.69) is 11.1 Å². The number of aromatic nitrogens is 1. The summed E-state index contributed by atoms with van der Waals surface area (Å²) in [5, 5.41) is 0. The highest BCUT2D eigenvalue weighted by atomic mass is 16.5. The lowest BCUT2D eigenvalue weighted by molar-refractivity contribution is -0.140. The average molecular weight is 368 g/mol. The molecule has 1 aliphatic rings. The molecule has 1 aromatic carbocycles. The molecular weight excluding hydrogens is 344 g/mol. The third-order valence-corrected chi connectivity index (χ3v) is 5.07. The van der Waals surface area contributed by atoms with Gasteiger partial charge in [0.15, 0.2) is 11.9 Å². The van der Waals surface area contributed by atoms with Gasteiger partial charge in [0.25, 0.3) is 5.91 Å². The predicted octanol–water partition coefficient (Wildman–Crippen LogP) is 2.96. The normalized spacial score (nSPS) is 14.4. The van der Waals surface area contributed by atoms with Gasteiger partial charge in [-0.05, 0) is 50.8 Å². The second kappa shape index (κ2) is 7.39. The van der Waals surface area contributed by atoms with Gasteiger partial charge >= 0.3 is 5.97 Å². The average Bonchev–Trinajstić information content (AvgIpc) is 2.95. The summed E-state index contributed by atoms with van der Waals surface area (Å²) in [5.41, 5.74) is 4.27. The zero-order valence-electron chi connectivity index (χ0n) is 16.1. The molecule has 0 saturated carbocycles. The van der Waals surface area contributed by atoms with Gasteiger partial charge in [-0.2, -0.15) is 0 Å². The Hall–Kier alpha value is -2.89. The molecular formula is C21H24N2O4. The molecule has 6 nitrogen and oxygen atoms in total. The van der Waals surface area contributed by atoms with Crippen LogP contribution in [0.4, 0.5) is 0 Å². The molecule has 1 aliphatic heterocycles. The fraction of sp³-hybridized carbons (Fsp3) is 0.381. The van der Waals surface area contributed by atoms with Gasteiger partial charge in [-0.15, -0.1) is 0 Å². The largest absolute Gasteiger partial charge is 0.448 e. The number of benzene rings is 1. The molecule has 1 amide bonds. The number of H-pyrrole nitrogens is 1. The van der Waals surface area contributed by atoms with Crippen LogP contribution >= 0.6 is 0 Å². The Kier molecular flexibility index (Phi) is 5.17. The SMILES string of the molecule is CC(=O)c1c(C)[nH]c(C(=O)OC(C)C(=O)N2CCc3ccccc3C2)c1C. The van der Waals surface area contributed by atoms with Crippen molar-refractivity contribution in [1.29, 1.82) is 0 Å². The predicted molar refractivity (Wildman–Crippen MR) is 101 cm³/mol. The van der Waals surface area contributed by atoms with Gasteiger partial charge in [-0.3, -0.25) is 9.59 Å². The van der Waals surface area contributed by atoms with E-state index in [1.807, 2.05) is 18.2 Å². The number of hydrogen-bond donors (Lipinski definition) is 1. The number of nitrogens with zero attached hydrogens (tertiary/aromatic N) is 1. The molecule has 0 fully saturated rings. The van der Waals surface area contributed by atoms with Crippen LogP contribution in [0.2, 0.25) is 0 Å². The van der Waals surface area contributed by atoms with Gasteiger partial charge in [-0.25, -0.2) is 4.79 Å². The highest BCUT2D eigenvalue weighted by molar-refractivity contribution is 6.01. The molecule has 0 bridgehead atoms. The number of aromatic amines is 1. The second-order valence-electron chi connectivity index (χ2n) is 7.01. The third-order valence-electron chi connectivity index (χ3n) is 5.07. The van der Waals surface area contributed by atoms with Gasteiger partial charge in [0.05, 0.1) is 0 Å². The molecule has 1 N–H and O–H groups in total. The van der Waals surface area contributed by atoms with E-state index < -0.39 is 12.1 Å². The van der Waals surface area contributed by atoms with Crippen LogP contribution in [0.1, 0.15) is 57.1 Å². The second-order valence-corrected chi connectivity index (χ2v) is 7.01. The molecule has 0 aliphatic carbocycles. The fourth-order valence-electron chi connectivity index (χ4n) is 3.69. The number of hydrogen-bond acceptors (Lipinski definition) is 4. The van der Waals surface area contributed by atoms with Crippen LogP contribution in [0.15, 0.2) is 24.3 Å². The number of nitrogens with one attached hydrogen (secondary N) is 1. The number of ketones is 1. The van der Waals surface area contributed by atoms with Gasteiger partial charge in [0.2, 0.25) is 0 Å². The first-order valence-electron chi connectivity index (χ1n) is 9.06. The van der Waals surface area contributed by atoms with Crippen molar-refractivity contribution in [3.05, 3.63) is 57.9 Å². The lowest BCUT2D eigenvalue weighted by atomic mass is 9.99. The number of carbonyl (C=O) groups is 3. The number of carbonyl (C=O) groups excluding carboxylic acids is 3. The molecule has 0 radical (unpaired) electrons.